The molecule has 0 saturated heterocycles. The predicted octanol–water partition coefficient (Wildman–Crippen LogP) is 10.7. The Bertz CT molecular complexity index is 1810. The first-order valence-corrected chi connectivity index (χ1v) is 24.3. The minimum absolute atomic E-state index is 0. The van der Waals surface area contributed by atoms with Crippen molar-refractivity contribution < 1.29 is 40.2 Å². The van der Waals surface area contributed by atoms with Gasteiger partial charge >= 0.3 is 0 Å². The van der Waals surface area contributed by atoms with Crippen molar-refractivity contribution >= 4 is 26.5 Å². The van der Waals surface area contributed by atoms with Gasteiger partial charge in [0.15, 0.2) is 0 Å². The standard InChI is InChI=1S/C22H24NSi.C21H28NSi.2Ir/c1-16-11-17(2)13-19(12-16)21-14-20(18-9-7-6-8-10-18)22(15-23-21)24(3,4)5;1-15-10-16(2)12-18(11-15)20-13-19(17-8-6-7-9-17)21(14-22-20)23(3,4)5;;/h6-12,14-15H,1-5H3;10-11,13-14,17H,6-9H2,1-5H3;;/q2*-1;;. The Morgan fingerprint density at radius 1 is 0.592 bits per heavy atom. The molecule has 6 heteroatoms. The van der Waals surface area contributed by atoms with Gasteiger partial charge in [-0.25, -0.2) is 0 Å². The fraction of sp³-hybridized carbons (Fsp3) is 0.349. The zero-order valence-corrected chi connectivity index (χ0v) is 37.8. The van der Waals surface area contributed by atoms with E-state index in [9.17, 15) is 0 Å². The first-order valence-electron chi connectivity index (χ1n) is 17.3. The van der Waals surface area contributed by atoms with Gasteiger partial charge in [0.1, 0.15) is 0 Å². The molecule has 49 heavy (non-hydrogen) atoms. The third-order valence-corrected chi connectivity index (χ3v) is 13.2. The van der Waals surface area contributed by atoms with Crippen LogP contribution in [0.25, 0.3) is 33.6 Å². The number of hydrogen-bond acceptors (Lipinski definition) is 2. The Balaban J connectivity index is 0.000000255. The average Bonchev–Trinajstić information content (AvgIpc) is 3.55. The topological polar surface area (TPSA) is 25.8 Å². The summed E-state index contributed by atoms with van der Waals surface area (Å²) < 4.78 is 0. The third kappa shape index (κ3) is 10.6. The molecule has 0 amide bonds. The Morgan fingerprint density at radius 3 is 1.53 bits per heavy atom. The molecule has 1 fully saturated rings. The van der Waals surface area contributed by atoms with Crippen molar-refractivity contribution in [3.63, 3.8) is 0 Å². The molecule has 0 atom stereocenters. The van der Waals surface area contributed by atoms with Crippen LogP contribution in [0.3, 0.4) is 0 Å². The van der Waals surface area contributed by atoms with Gasteiger partial charge in [-0.3, -0.25) is 0 Å². The molecular formula is C43H52Ir2N2Si2-2. The van der Waals surface area contributed by atoms with Gasteiger partial charge in [-0.1, -0.05) is 128 Å². The molecule has 6 rings (SSSR count). The molecule has 2 radical (unpaired) electrons. The Labute approximate surface area is 325 Å². The van der Waals surface area contributed by atoms with Crippen molar-refractivity contribution in [2.24, 2.45) is 0 Å². The molecule has 2 heterocycles. The number of aryl methyl sites for hydroxylation is 4. The maximum atomic E-state index is 4.83. The number of nitrogens with zero attached hydrogens (tertiary/aromatic N) is 2. The number of pyridine rings is 2. The van der Waals surface area contributed by atoms with Crippen LogP contribution in [0.15, 0.2) is 79.1 Å². The number of rotatable bonds is 6. The smallest absolute Gasteiger partial charge is 0.0803 e. The van der Waals surface area contributed by atoms with Crippen LogP contribution in [-0.2, 0) is 40.2 Å². The summed E-state index contributed by atoms with van der Waals surface area (Å²) in [5, 5.41) is 2.96. The Kier molecular flexibility index (Phi) is 14.5. The zero-order valence-electron chi connectivity index (χ0n) is 31.0. The molecule has 0 N–H and O–H groups in total. The quantitative estimate of drug-likeness (QED) is 0.125. The van der Waals surface area contributed by atoms with Gasteiger partial charge in [0, 0.05) is 52.6 Å². The number of hydrogen-bond donors (Lipinski definition) is 0. The molecule has 5 aromatic rings. The first kappa shape index (κ1) is 41.1. The summed E-state index contributed by atoms with van der Waals surface area (Å²) in [5.74, 6) is 0.740. The van der Waals surface area contributed by atoms with Crippen LogP contribution in [0.2, 0.25) is 39.3 Å². The number of aromatic nitrogens is 2. The maximum Gasteiger partial charge on any atom is 0.0803 e. The minimum Gasteiger partial charge on any atom is -0.305 e. The first-order chi connectivity index (χ1) is 22.2. The normalized spacial score (nSPS) is 13.2. The molecule has 0 unspecified atom stereocenters. The van der Waals surface area contributed by atoms with E-state index in [0.717, 1.165) is 34.0 Å². The molecule has 1 aliphatic carbocycles. The van der Waals surface area contributed by atoms with Crippen LogP contribution < -0.4 is 10.4 Å². The molecule has 0 bridgehead atoms. The van der Waals surface area contributed by atoms with Crippen LogP contribution in [0.4, 0.5) is 0 Å². The molecule has 262 valence electrons. The van der Waals surface area contributed by atoms with Crippen molar-refractivity contribution in [2.45, 2.75) is 98.6 Å². The molecule has 1 aliphatic rings. The van der Waals surface area contributed by atoms with Gasteiger partial charge in [-0.15, -0.1) is 69.8 Å². The van der Waals surface area contributed by atoms with Crippen molar-refractivity contribution in [1.82, 2.24) is 9.97 Å². The van der Waals surface area contributed by atoms with Gasteiger partial charge < -0.3 is 9.97 Å². The van der Waals surface area contributed by atoms with E-state index in [4.69, 9.17) is 9.97 Å². The average molecular weight is 1040 g/mol. The fourth-order valence-electron chi connectivity index (χ4n) is 6.94. The maximum absolute atomic E-state index is 4.83. The predicted molar refractivity (Wildman–Crippen MR) is 209 cm³/mol. The molecule has 0 spiro atoms. The number of benzene rings is 3. The minimum atomic E-state index is -1.48. The van der Waals surface area contributed by atoms with Crippen LogP contribution in [-0.4, -0.2) is 26.1 Å². The van der Waals surface area contributed by atoms with Crippen LogP contribution in [0, 0.1) is 39.8 Å². The second kappa shape index (κ2) is 17.3. The summed E-state index contributed by atoms with van der Waals surface area (Å²) in [4.78, 5) is 9.62. The summed E-state index contributed by atoms with van der Waals surface area (Å²) in [6, 6.07) is 30.9. The summed E-state index contributed by atoms with van der Waals surface area (Å²) in [5.41, 5.74) is 13.4. The van der Waals surface area contributed by atoms with Gasteiger partial charge in [0.2, 0.25) is 0 Å². The second-order valence-electron chi connectivity index (χ2n) is 15.6. The Hall–Kier alpha value is -2.31. The van der Waals surface area contributed by atoms with Crippen molar-refractivity contribution in [1.29, 1.82) is 0 Å². The molecular weight excluding hydrogens is 985 g/mol. The SMILES string of the molecule is Cc1[c-]c(-c2cc(-c3ccccc3)c([Si](C)(C)C)cn2)cc(C)c1.Cc1[c-]c(-c2cc(C3CCCC3)c([Si](C)(C)C)cn2)cc(C)c1.[Ir].[Ir]. The third-order valence-electron chi connectivity index (χ3n) is 9.18. The van der Waals surface area contributed by atoms with E-state index in [1.807, 2.05) is 0 Å². The van der Waals surface area contributed by atoms with Crippen molar-refractivity contribution in [2.75, 3.05) is 0 Å². The van der Waals surface area contributed by atoms with E-state index in [0.29, 0.717) is 0 Å². The molecule has 1 saturated carbocycles. The van der Waals surface area contributed by atoms with Crippen molar-refractivity contribution in [3.05, 3.63) is 119 Å². The summed E-state index contributed by atoms with van der Waals surface area (Å²) in [6.45, 7) is 22.9. The molecule has 0 aliphatic heterocycles. The largest absolute Gasteiger partial charge is 0.305 e. The van der Waals surface area contributed by atoms with E-state index in [1.54, 1.807) is 10.8 Å². The van der Waals surface area contributed by atoms with Gasteiger partial charge in [0.05, 0.1) is 16.1 Å². The van der Waals surface area contributed by atoms with E-state index in [-0.39, 0.29) is 40.2 Å². The molecule has 3 aromatic carbocycles. The fourth-order valence-corrected chi connectivity index (χ4v) is 10.0. The van der Waals surface area contributed by atoms with Gasteiger partial charge in [0.25, 0.3) is 0 Å². The van der Waals surface area contributed by atoms with Gasteiger partial charge in [-0.05, 0) is 51.6 Å². The summed E-state index contributed by atoms with van der Waals surface area (Å²) in [6.07, 6.45) is 9.72. The van der Waals surface area contributed by atoms with Crippen molar-refractivity contribution in [3.8, 4) is 33.6 Å². The molecule has 2 aromatic heterocycles. The Morgan fingerprint density at radius 2 is 1.06 bits per heavy atom. The van der Waals surface area contributed by atoms with E-state index in [1.165, 1.54) is 58.7 Å². The van der Waals surface area contributed by atoms with Crippen LogP contribution >= 0.6 is 0 Å². The van der Waals surface area contributed by atoms with E-state index >= 15 is 0 Å². The van der Waals surface area contributed by atoms with Gasteiger partial charge in [-0.2, -0.15) is 0 Å². The molecule has 2 nitrogen and oxygen atoms in total. The zero-order chi connectivity index (χ0) is 33.9. The van der Waals surface area contributed by atoms with Crippen LogP contribution in [0.5, 0.6) is 0 Å². The summed E-state index contributed by atoms with van der Waals surface area (Å²) in [7, 11) is -2.84. The van der Waals surface area contributed by atoms with E-state index in [2.05, 4.69) is 158 Å². The van der Waals surface area contributed by atoms with E-state index < -0.39 is 16.1 Å². The summed E-state index contributed by atoms with van der Waals surface area (Å²) >= 11 is 0. The van der Waals surface area contributed by atoms with Crippen LogP contribution in [0.1, 0.15) is 59.4 Å². The monoisotopic (exact) mass is 1040 g/mol. The second-order valence-corrected chi connectivity index (χ2v) is 25.7.